The van der Waals surface area contributed by atoms with Crippen LogP contribution in [0.25, 0.3) is 0 Å². The van der Waals surface area contributed by atoms with Crippen molar-refractivity contribution < 1.29 is 0 Å². The highest BCUT2D eigenvalue weighted by molar-refractivity contribution is 9.10. The lowest BCUT2D eigenvalue weighted by atomic mass is 10.0. The third-order valence-electron chi connectivity index (χ3n) is 3.09. The Kier molecular flexibility index (Phi) is 5.16. The van der Waals surface area contributed by atoms with E-state index in [1.807, 2.05) is 6.20 Å². The monoisotopic (exact) mass is 321 g/mol. The van der Waals surface area contributed by atoms with Crippen LogP contribution < -0.4 is 5.32 Å². The quantitative estimate of drug-likeness (QED) is 0.878. The van der Waals surface area contributed by atoms with Gasteiger partial charge in [-0.3, -0.25) is 4.68 Å². The fraction of sp³-hybridized carbons (Fsp3) is 0.400. The molecule has 1 unspecified atom stereocenters. The highest BCUT2D eigenvalue weighted by Gasteiger charge is 2.16. The summed E-state index contributed by atoms with van der Waals surface area (Å²) in [4.78, 5) is 0. The standard InChI is InChI=1S/C15H20BrN3/c1-3-11-19-14(9-10-18-19)15(17-4-2)12-5-7-13(16)8-6-12/h5-10,15,17H,3-4,11H2,1-2H3. The Morgan fingerprint density at radius 2 is 1.95 bits per heavy atom. The molecule has 2 rings (SSSR count). The number of nitrogens with one attached hydrogen (secondary N) is 1. The molecule has 1 aromatic carbocycles. The summed E-state index contributed by atoms with van der Waals surface area (Å²) in [7, 11) is 0. The summed E-state index contributed by atoms with van der Waals surface area (Å²) < 4.78 is 3.20. The van der Waals surface area contributed by atoms with Gasteiger partial charge in [0, 0.05) is 17.2 Å². The predicted octanol–water partition coefficient (Wildman–Crippen LogP) is 3.75. The van der Waals surface area contributed by atoms with E-state index in [0.29, 0.717) is 0 Å². The van der Waals surface area contributed by atoms with E-state index in [0.717, 1.165) is 24.0 Å². The Morgan fingerprint density at radius 1 is 1.21 bits per heavy atom. The van der Waals surface area contributed by atoms with Crippen LogP contribution in [0.1, 0.15) is 37.6 Å². The molecule has 0 aliphatic heterocycles. The average Bonchev–Trinajstić information content (AvgIpc) is 2.86. The molecular weight excluding hydrogens is 302 g/mol. The second kappa shape index (κ2) is 6.87. The van der Waals surface area contributed by atoms with Crippen LogP contribution in [0.2, 0.25) is 0 Å². The van der Waals surface area contributed by atoms with Crippen molar-refractivity contribution in [1.82, 2.24) is 15.1 Å². The van der Waals surface area contributed by atoms with Crippen molar-refractivity contribution in [2.24, 2.45) is 0 Å². The first-order valence-corrected chi connectivity index (χ1v) is 7.56. The van der Waals surface area contributed by atoms with Gasteiger partial charge in [-0.2, -0.15) is 5.10 Å². The Hall–Kier alpha value is -1.13. The molecule has 0 saturated carbocycles. The Bertz CT molecular complexity index is 504. The number of hydrogen-bond donors (Lipinski definition) is 1. The van der Waals surface area contributed by atoms with Gasteiger partial charge in [0.1, 0.15) is 0 Å². The van der Waals surface area contributed by atoms with Crippen LogP contribution in [0.15, 0.2) is 41.0 Å². The second-order valence-corrected chi connectivity index (χ2v) is 5.44. The highest BCUT2D eigenvalue weighted by Crippen LogP contribution is 2.23. The van der Waals surface area contributed by atoms with Crippen LogP contribution in [0.5, 0.6) is 0 Å². The van der Waals surface area contributed by atoms with Crippen LogP contribution in [0.3, 0.4) is 0 Å². The van der Waals surface area contributed by atoms with Gasteiger partial charge in [0.2, 0.25) is 0 Å². The van der Waals surface area contributed by atoms with Gasteiger partial charge in [-0.15, -0.1) is 0 Å². The van der Waals surface area contributed by atoms with Gasteiger partial charge in [0.05, 0.1) is 11.7 Å². The molecule has 0 bridgehead atoms. The van der Waals surface area contributed by atoms with Crippen molar-refractivity contribution in [2.45, 2.75) is 32.9 Å². The van der Waals surface area contributed by atoms with Crippen LogP contribution in [-0.2, 0) is 6.54 Å². The Labute approximate surface area is 123 Å². The van der Waals surface area contributed by atoms with E-state index in [1.54, 1.807) is 0 Å². The normalized spacial score (nSPS) is 12.6. The third-order valence-corrected chi connectivity index (χ3v) is 3.62. The maximum atomic E-state index is 4.42. The summed E-state index contributed by atoms with van der Waals surface area (Å²) in [5, 5.41) is 7.96. The molecule has 102 valence electrons. The molecule has 1 aromatic heterocycles. The van der Waals surface area contributed by atoms with E-state index in [-0.39, 0.29) is 6.04 Å². The molecule has 0 spiro atoms. The number of halogens is 1. The van der Waals surface area contributed by atoms with Gasteiger partial charge >= 0.3 is 0 Å². The van der Waals surface area contributed by atoms with E-state index < -0.39 is 0 Å². The zero-order chi connectivity index (χ0) is 13.7. The van der Waals surface area contributed by atoms with Crippen LogP contribution in [0, 0.1) is 0 Å². The SMILES string of the molecule is CCCn1nccc1C(NCC)c1ccc(Br)cc1. The molecule has 0 aliphatic rings. The fourth-order valence-electron chi connectivity index (χ4n) is 2.24. The molecule has 0 amide bonds. The largest absolute Gasteiger partial charge is 0.305 e. The molecule has 2 aromatic rings. The maximum absolute atomic E-state index is 4.42. The first-order valence-electron chi connectivity index (χ1n) is 6.76. The molecule has 4 heteroatoms. The Balaban J connectivity index is 2.33. The zero-order valence-corrected chi connectivity index (χ0v) is 13.0. The molecule has 0 saturated heterocycles. The van der Waals surface area contributed by atoms with Crippen molar-refractivity contribution in [3.63, 3.8) is 0 Å². The van der Waals surface area contributed by atoms with Crippen molar-refractivity contribution in [1.29, 1.82) is 0 Å². The molecular formula is C15H20BrN3. The Morgan fingerprint density at radius 3 is 2.58 bits per heavy atom. The molecule has 3 nitrogen and oxygen atoms in total. The van der Waals surface area contributed by atoms with Crippen LogP contribution in [0.4, 0.5) is 0 Å². The average molecular weight is 322 g/mol. The maximum Gasteiger partial charge on any atom is 0.0748 e. The molecule has 1 N–H and O–H groups in total. The topological polar surface area (TPSA) is 29.9 Å². The minimum atomic E-state index is 0.201. The minimum absolute atomic E-state index is 0.201. The molecule has 0 fully saturated rings. The number of benzene rings is 1. The molecule has 19 heavy (non-hydrogen) atoms. The lowest BCUT2D eigenvalue weighted by Gasteiger charge is -2.20. The van der Waals surface area contributed by atoms with E-state index in [9.17, 15) is 0 Å². The number of rotatable bonds is 6. The molecule has 0 aliphatic carbocycles. The van der Waals surface area contributed by atoms with Gasteiger partial charge in [-0.05, 0) is 36.7 Å². The molecule has 1 heterocycles. The number of aromatic nitrogens is 2. The third kappa shape index (κ3) is 3.45. The zero-order valence-electron chi connectivity index (χ0n) is 11.4. The van der Waals surface area contributed by atoms with Crippen molar-refractivity contribution in [2.75, 3.05) is 6.54 Å². The van der Waals surface area contributed by atoms with Gasteiger partial charge < -0.3 is 5.32 Å². The summed E-state index contributed by atoms with van der Waals surface area (Å²) in [5.41, 5.74) is 2.49. The number of nitrogens with zero attached hydrogens (tertiary/aromatic N) is 2. The number of aryl methyl sites for hydroxylation is 1. The fourth-order valence-corrected chi connectivity index (χ4v) is 2.50. The first kappa shape index (κ1) is 14.3. The second-order valence-electron chi connectivity index (χ2n) is 4.52. The van der Waals surface area contributed by atoms with Gasteiger partial charge in [-0.25, -0.2) is 0 Å². The number of hydrogen-bond acceptors (Lipinski definition) is 2. The summed E-state index contributed by atoms with van der Waals surface area (Å²) in [6.07, 6.45) is 2.97. The van der Waals surface area contributed by atoms with Crippen molar-refractivity contribution in [3.8, 4) is 0 Å². The van der Waals surface area contributed by atoms with Crippen LogP contribution in [-0.4, -0.2) is 16.3 Å². The predicted molar refractivity (Wildman–Crippen MR) is 82.2 cm³/mol. The lowest BCUT2D eigenvalue weighted by Crippen LogP contribution is -2.25. The lowest BCUT2D eigenvalue weighted by molar-refractivity contribution is 0.520. The highest BCUT2D eigenvalue weighted by atomic mass is 79.9. The van der Waals surface area contributed by atoms with Crippen molar-refractivity contribution >= 4 is 15.9 Å². The summed E-state index contributed by atoms with van der Waals surface area (Å²) in [6.45, 7) is 6.19. The van der Waals surface area contributed by atoms with E-state index in [1.165, 1.54) is 11.3 Å². The van der Waals surface area contributed by atoms with Gasteiger partial charge in [0.15, 0.2) is 0 Å². The van der Waals surface area contributed by atoms with E-state index in [4.69, 9.17) is 0 Å². The van der Waals surface area contributed by atoms with Gasteiger partial charge in [0.25, 0.3) is 0 Å². The molecule has 1 atom stereocenters. The molecule has 0 radical (unpaired) electrons. The minimum Gasteiger partial charge on any atom is -0.305 e. The first-order chi connectivity index (χ1) is 9.26. The van der Waals surface area contributed by atoms with Crippen LogP contribution >= 0.6 is 15.9 Å². The van der Waals surface area contributed by atoms with E-state index >= 15 is 0 Å². The summed E-state index contributed by atoms with van der Waals surface area (Å²) >= 11 is 3.48. The van der Waals surface area contributed by atoms with E-state index in [2.05, 4.69) is 75.2 Å². The van der Waals surface area contributed by atoms with Crippen molar-refractivity contribution in [3.05, 3.63) is 52.3 Å². The van der Waals surface area contributed by atoms with Gasteiger partial charge in [-0.1, -0.05) is 41.9 Å². The smallest absolute Gasteiger partial charge is 0.0748 e. The summed E-state index contributed by atoms with van der Waals surface area (Å²) in [6, 6.07) is 10.8. The summed E-state index contributed by atoms with van der Waals surface area (Å²) in [5.74, 6) is 0.